The number of benzene rings is 1. The van der Waals surface area contributed by atoms with Gasteiger partial charge in [0.25, 0.3) is 17.4 Å². The van der Waals surface area contributed by atoms with Gasteiger partial charge in [-0.05, 0) is 43.2 Å². The fourth-order valence-corrected chi connectivity index (χ4v) is 4.60. The molecule has 0 aliphatic carbocycles. The summed E-state index contributed by atoms with van der Waals surface area (Å²) in [5, 5.41) is 22.6. The minimum absolute atomic E-state index is 0.0785. The average molecular weight is 486 g/mol. The van der Waals surface area contributed by atoms with Crippen LogP contribution in [0.25, 0.3) is 11.4 Å². The number of aliphatic hydroxyl groups excluding tert-OH is 1. The van der Waals surface area contributed by atoms with Crippen molar-refractivity contribution < 1.29 is 19.6 Å². The normalized spacial score (nSPS) is 17.2. The predicted octanol–water partition coefficient (Wildman–Crippen LogP) is 3.26. The SMILES string of the molecule is Cc1nc2ccccn2c1C(O)=C1C(=O)C(=O)N(CCCn2ccnc2)C1c1ccc([N+](=O)[O-])cc1. The highest BCUT2D eigenvalue weighted by Gasteiger charge is 2.46. The Hall–Kier alpha value is -4.80. The molecule has 5 rings (SSSR count). The molecule has 0 bridgehead atoms. The topological polar surface area (TPSA) is 136 Å². The van der Waals surface area contributed by atoms with Gasteiger partial charge in [0.15, 0.2) is 5.76 Å². The lowest BCUT2D eigenvalue weighted by Gasteiger charge is -2.25. The number of carbonyl (C=O) groups is 2. The minimum Gasteiger partial charge on any atom is -0.505 e. The van der Waals surface area contributed by atoms with Gasteiger partial charge in [-0.15, -0.1) is 0 Å². The summed E-state index contributed by atoms with van der Waals surface area (Å²) in [5.74, 6) is -1.90. The summed E-state index contributed by atoms with van der Waals surface area (Å²) in [5.41, 5.74) is 1.67. The molecule has 0 radical (unpaired) electrons. The summed E-state index contributed by atoms with van der Waals surface area (Å²) >= 11 is 0. The lowest BCUT2D eigenvalue weighted by molar-refractivity contribution is -0.384. The third-order valence-electron chi connectivity index (χ3n) is 6.26. The second-order valence-electron chi connectivity index (χ2n) is 8.47. The second-order valence-corrected chi connectivity index (χ2v) is 8.47. The highest BCUT2D eigenvalue weighted by molar-refractivity contribution is 6.46. The van der Waals surface area contributed by atoms with Crippen LogP contribution in [0.2, 0.25) is 0 Å². The Bertz CT molecular complexity index is 1500. The number of amides is 1. The number of carbonyl (C=O) groups excluding carboxylic acids is 2. The zero-order valence-corrected chi connectivity index (χ0v) is 19.3. The van der Waals surface area contributed by atoms with E-state index in [1.807, 2.05) is 10.6 Å². The van der Waals surface area contributed by atoms with Gasteiger partial charge in [-0.1, -0.05) is 6.07 Å². The van der Waals surface area contributed by atoms with Crippen molar-refractivity contribution in [1.82, 2.24) is 23.8 Å². The first kappa shape index (κ1) is 23.0. The van der Waals surface area contributed by atoms with Gasteiger partial charge in [0.2, 0.25) is 0 Å². The van der Waals surface area contributed by atoms with E-state index in [4.69, 9.17) is 0 Å². The standard InChI is InChI=1S/C25H22N6O5/c1-16-21(29-12-3-2-5-19(29)27-16)23(32)20-22(17-6-8-18(9-7-17)31(35)36)30(25(34)24(20)33)13-4-11-28-14-10-26-15-28/h2-3,5-10,12,14-15,22,32H,4,11,13H2,1H3. The van der Waals surface area contributed by atoms with Crippen molar-refractivity contribution >= 4 is 28.8 Å². The average Bonchev–Trinajstić information content (AvgIpc) is 3.56. The lowest BCUT2D eigenvalue weighted by Crippen LogP contribution is -2.31. The molecule has 3 aromatic heterocycles. The monoisotopic (exact) mass is 486 g/mol. The van der Waals surface area contributed by atoms with Crippen molar-refractivity contribution in [3.8, 4) is 0 Å². The van der Waals surface area contributed by atoms with E-state index in [9.17, 15) is 24.8 Å². The number of aryl methyl sites for hydroxylation is 2. The number of hydrogen-bond acceptors (Lipinski definition) is 7. The maximum atomic E-state index is 13.3. The molecule has 1 fully saturated rings. The van der Waals surface area contributed by atoms with Crippen LogP contribution in [-0.2, 0) is 16.1 Å². The van der Waals surface area contributed by atoms with Gasteiger partial charge in [0.05, 0.1) is 28.6 Å². The quantitative estimate of drug-likeness (QED) is 0.139. The molecule has 1 aliphatic rings. The summed E-state index contributed by atoms with van der Waals surface area (Å²) in [6.45, 7) is 2.51. The maximum Gasteiger partial charge on any atom is 0.295 e. The molecular formula is C25H22N6O5. The highest BCUT2D eigenvalue weighted by atomic mass is 16.6. The van der Waals surface area contributed by atoms with Crippen LogP contribution >= 0.6 is 0 Å². The summed E-state index contributed by atoms with van der Waals surface area (Å²) in [7, 11) is 0. The number of aliphatic hydroxyl groups is 1. The Morgan fingerprint density at radius 1 is 1.11 bits per heavy atom. The van der Waals surface area contributed by atoms with Crippen molar-refractivity contribution in [1.29, 1.82) is 0 Å². The maximum absolute atomic E-state index is 13.3. The van der Waals surface area contributed by atoms with Gasteiger partial charge in [-0.25, -0.2) is 9.97 Å². The Morgan fingerprint density at radius 3 is 2.58 bits per heavy atom. The number of non-ortho nitro benzene ring substituents is 1. The van der Waals surface area contributed by atoms with Crippen LogP contribution in [0.1, 0.15) is 29.4 Å². The number of fused-ring (bicyclic) bond motifs is 1. The number of nitrogens with zero attached hydrogens (tertiary/aromatic N) is 6. The molecule has 1 N–H and O–H groups in total. The number of nitro groups is 1. The molecule has 0 spiro atoms. The zero-order valence-electron chi connectivity index (χ0n) is 19.3. The zero-order chi connectivity index (χ0) is 25.4. The predicted molar refractivity (Wildman–Crippen MR) is 129 cm³/mol. The van der Waals surface area contributed by atoms with Crippen LogP contribution in [0.3, 0.4) is 0 Å². The number of pyridine rings is 1. The smallest absolute Gasteiger partial charge is 0.295 e. The van der Waals surface area contributed by atoms with Crippen LogP contribution in [0.15, 0.2) is 73.0 Å². The second kappa shape index (κ2) is 9.10. The Kier molecular flexibility index (Phi) is 5.80. The molecule has 182 valence electrons. The van der Waals surface area contributed by atoms with E-state index in [0.29, 0.717) is 35.6 Å². The molecule has 4 aromatic rings. The molecule has 1 amide bonds. The van der Waals surface area contributed by atoms with Crippen LogP contribution in [-0.4, -0.2) is 52.1 Å². The van der Waals surface area contributed by atoms with Crippen LogP contribution in [0.5, 0.6) is 0 Å². The summed E-state index contributed by atoms with van der Waals surface area (Å²) < 4.78 is 3.52. The minimum atomic E-state index is -0.915. The van der Waals surface area contributed by atoms with Gasteiger partial charge < -0.3 is 14.6 Å². The van der Waals surface area contributed by atoms with Crippen molar-refractivity contribution in [2.75, 3.05) is 6.54 Å². The first-order valence-corrected chi connectivity index (χ1v) is 11.3. The van der Waals surface area contributed by atoms with E-state index in [2.05, 4.69) is 9.97 Å². The molecule has 11 heteroatoms. The van der Waals surface area contributed by atoms with Gasteiger partial charge >= 0.3 is 0 Å². The number of rotatable bonds is 7. The number of aromatic nitrogens is 4. The Balaban J connectivity index is 1.61. The highest BCUT2D eigenvalue weighted by Crippen LogP contribution is 2.40. The molecule has 11 nitrogen and oxygen atoms in total. The van der Waals surface area contributed by atoms with Gasteiger partial charge in [0, 0.05) is 43.8 Å². The fraction of sp³-hybridized carbons (Fsp3) is 0.200. The molecule has 0 saturated carbocycles. The first-order chi connectivity index (χ1) is 17.4. The lowest BCUT2D eigenvalue weighted by atomic mass is 9.96. The summed E-state index contributed by atoms with van der Waals surface area (Å²) in [4.78, 5) is 47.0. The number of hydrogen-bond donors (Lipinski definition) is 1. The van der Waals surface area contributed by atoms with E-state index in [0.717, 1.165) is 0 Å². The molecule has 4 heterocycles. The van der Waals surface area contributed by atoms with Crippen molar-refractivity contribution in [3.63, 3.8) is 0 Å². The molecule has 1 unspecified atom stereocenters. The van der Waals surface area contributed by atoms with Gasteiger partial charge in [0.1, 0.15) is 11.3 Å². The molecule has 1 saturated heterocycles. The van der Waals surface area contributed by atoms with Crippen LogP contribution in [0, 0.1) is 17.0 Å². The molecule has 1 aromatic carbocycles. The fourth-order valence-electron chi connectivity index (χ4n) is 4.60. The number of imidazole rings is 2. The number of nitro benzene ring substituents is 1. The van der Waals surface area contributed by atoms with Gasteiger partial charge in [-0.3, -0.25) is 24.1 Å². The Labute approximate surface area is 205 Å². The van der Waals surface area contributed by atoms with E-state index in [1.165, 1.54) is 29.2 Å². The van der Waals surface area contributed by atoms with Gasteiger partial charge in [-0.2, -0.15) is 0 Å². The number of Topliss-reactive ketones (excluding diaryl/α,β-unsaturated/α-hetero) is 1. The molecule has 36 heavy (non-hydrogen) atoms. The number of likely N-dealkylation sites (tertiary alicyclic amines) is 1. The first-order valence-electron chi connectivity index (χ1n) is 11.3. The van der Waals surface area contributed by atoms with E-state index in [1.54, 1.807) is 48.4 Å². The third kappa shape index (κ3) is 3.90. The largest absolute Gasteiger partial charge is 0.505 e. The third-order valence-corrected chi connectivity index (χ3v) is 6.26. The van der Waals surface area contributed by atoms with Crippen molar-refractivity contribution in [3.05, 3.63) is 100 Å². The van der Waals surface area contributed by atoms with Crippen molar-refractivity contribution in [2.45, 2.75) is 25.9 Å². The van der Waals surface area contributed by atoms with Crippen LogP contribution in [0.4, 0.5) is 5.69 Å². The van der Waals surface area contributed by atoms with Crippen molar-refractivity contribution in [2.24, 2.45) is 0 Å². The van der Waals surface area contributed by atoms with E-state index < -0.39 is 22.7 Å². The summed E-state index contributed by atoms with van der Waals surface area (Å²) in [6.07, 6.45) is 7.36. The Morgan fingerprint density at radius 2 is 1.89 bits per heavy atom. The van der Waals surface area contributed by atoms with E-state index >= 15 is 0 Å². The number of ketones is 1. The summed E-state index contributed by atoms with van der Waals surface area (Å²) in [6, 6.07) is 10.1. The van der Waals surface area contributed by atoms with E-state index in [-0.39, 0.29) is 23.6 Å². The molecule has 1 atom stereocenters. The van der Waals surface area contributed by atoms with Crippen LogP contribution < -0.4 is 0 Å². The molecular weight excluding hydrogens is 464 g/mol. The molecule has 1 aliphatic heterocycles.